The Balaban J connectivity index is 1.53. The third-order valence-corrected chi connectivity index (χ3v) is 6.57. The quantitative estimate of drug-likeness (QED) is 0.376. The third-order valence-electron chi connectivity index (χ3n) is 5.69. The molecule has 0 unspecified atom stereocenters. The van der Waals surface area contributed by atoms with E-state index in [9.17, 15) is 9.90 Å². The molecule has 4 rings (SSSR count). The zero-order chi connectivity index (χ0) is 23.9. The number of hydrogen-bond donors (Lipinski definition) is 3. The van der Waals surface area contributed by atoms with Crippen molar-refractivity contribution in [3.8, 4) is 0 Å². The molecule has 0 radical (unpaired) electrons. The molecule has 1 fully saturated rings. The number of H-pyrrole nitrogens is 1. The molecule has 0 bridgehead atoms. The number of carbonyl (C=O) groups is 1. The van der Waals surface area contributed by atoms with Crippen molar-refractivity contribution in [1.29, 1.82) is 0 Å². The molecule has 0 spiro atoms. The lowest BCUT2D eigenvalue weighted by atomic mass is 10.1. The topological polar surface area (TPSA) is 110 Å². The van der Waals surface area contributed by atoms with Gasteiger partial charge in [0.15, 0.2) is 11.0 Å². The van der Waals surface area contributed by atoms with Crippen molar-refractivity contribution in [2.45, 2.75) is 36.7 Å². The fourth-order valence-corrected chi connectivity index (χ4v) is 4.54. The number of ketones is 1. The van der Waals surface area contributed by atoms with E-state index in [1.54, 1.807) is 0 Å². The maximum Gasteiger partial charge on any atom is 0.196 e. The number of nitrogens with one attached hydrogen (secondary N) is 2. The Bertz CT molecular complexity index is 1090. The highest BCUT2D eigenvalue weighted by Gasteiger charge is 2.19. The largest absolute Gasteiger partial charge is 0.395 e. The number of rotatable bonds is 10. The van der Waals surface area contributed by atoms with Gasteiger partial charge in [0.25, 0.3) is 0 Å². The minimum absolute atomic E-state index is 0.177. The molecule has 3 aromatic rings. The van der Waals surface area contributed by atoms with Crippen LogP contribution >= 0.6 is 11.8 Å². The third kappa shape index (κ3) is 6.55. The first kappa shape index (κ1) is 24.2. The van der Waals surface area contributed by atoms with Gasteiger partial charge in [-0.25, -0.2) is 9.97 Å². The lowest BCUT2D eigenvalue weighted by molar-refractivity contribution is -0.118. The van der Waals surface area contributed by atoms with E-state index in [-0.39, 0.29) is 12.4 Å². The van der Waals surface area contributed by atoms with Gasteiger partial charge in [-0.2, -0.15) is 5.10 Å². The second-order valence-electron chi connectivity index (χ2n) is 8.32. The number of nitrogens with zero attached hydrogens (tertiary/aromatic N) is 5. The Morgan fingerprint density at radius 1 is 1.12 bits per heavy atom. The zero-order valence-electron chi connectivity index (χ0n) is 19.6. The second-order valence-corrected chi connectivity index (χ2v) is 9.36. The normalized spacial score (nSPS) is 14.4. The van der Waals surface area contributed by atoms with E-state index < -0.39 is 0 Å². The minimum Gasteiger partial charge on any atom is -0.395 e. The van der Waals surface area contributed by atoms with Crippen molar-refractivity contribution in [3.05, 3.63) is 47.7 Å². The first-order valence-corrected chi connectivity index (χ1v) is 12.4. The number of aliphatic hydroxyl groups excluding tert-OH is 1. The van der Waals surface area contributed by atoms with Crippen LogP contribution in [0.25, 0.3) is 0 Å². The van der Waals surface area contributed by atoms with E-state index in [1.807, 2.05) is 50.2 Å². The van der Waals surface area contributed by atoms with Gasteiger partial charge >= 0.3 is 0 Å². The van der Waals surface area contributed by atoms with E-state index in [4.69, 9.17) is 9.97 Å². The van der Waals surface area contributed by atoms with Gasteiger partial charge in [-0.3, -0.25) is 14.8 Å². The number of piperazine rings is 1. The van der Waals surface area contributed by atoms with Crippen molar-refractivity contribution in [2.75, 3.05) is 49.5 Å². The molecule has 1 saturated heterocycles. The van der Waals surface area contributed by atoms with E-state index in [2.05, 4.69) is 25.3 Å². The van der Waals surface area contributed by atoms with Crippen molar-refractivity contribution < 1.29 is 9.90 Å². The molecule has 10 heteroatoms. The summed E-state index contributed by atoms with van der Waals surface area (Å²) in [4.78, 5) is 26.8. The van der Waals surface area contributed by atoms with Gasteiger partial charge in [0.2, 0.25) is 0 Å². The highest BCUT2D eigenvalue weighted by molar-refractivity contribution is 7.99. The van der Waals surface area contributed by atoms with E-state index in [0.717, 1.165) is 48.1 Å². The average molecular weight is 482 g/mol. The number of aromatic amines is 1. The zero-order valence-corrected chi connectivity index (χ0v) is 20.4. The first-order valence-electron chi connectivity index (χ1n) is 11.6. The Morgan fingerprint density at radius 2 is 1.88 bits per heavy atom. The van der Waals surface area contributed by atoms with Gasteiger partial charge in [-0.1, -0.05) is 19.1 Å². The number of benzene rings is 1. The Hall–Kier alpha value is -2.95. The molecule has 34 heavy (non-hydrogen) atoms. The number of anilines is 3. The maximum atomic E-state index is 11.7. The van der Waals surface area contributed by atoms with Crippen LogP contribution in [-0.4, -0.2) is 75.3 Å². The van der Waals surface area contributed by atoms with E-state index in [1.165, 1.54) is 11.8 Å². The molecular weight excluding hydrogens is 450 g/mol. The van der Waals surface area contributed by atoms with Crippen LogP contribution in [0.15, 0.2) is 46.5 Å². The van der Waals surface area contributed by atoms with Gasteiger partial charge in [0.05, 0.1) is 6.61 Å². The SMILES string of the molecule is CCC(=O)Cc1ccc(Sc2nc(Nc3cc(C)[nH]n3)cc(N3CCN(CCO)CC3)n2)cc1. The highest BCUT2D eigenvalue weighted by Crippen LogP contribution is 2.29. The van der Waals surface area contributed by atoms with E-state index >= 15 is 0 Å². The molecule has 1 aliphatic heterocycles. The number of Topliss-reactive ketones (excluding diaryl/α,β-unsaturated/α-hetero) is 1. The van der Waals surface area contributed by atoms with Crippen molar-refractivity contribution in [3.63, 3.8) is 0 Å². The van der Waals surface area contributed by atoms with Gasteiger partial charge in [0.1, 0.15) is 17.4 Å². The summed E-state index contributed by atoms with van der Waals surface area (Å²) in [5.74, 6) is 2.48. The van der Waals surface area contributed by atoms with Crippen LogP contribution in [-0.2, 0) is 11.2 Å². The maximum absolute atomic E-state index is 11.7. The van der Waals surface area contributed by atoms with Crippen LogP contribution in [0.4, 0.5) is 17.5 Å². The predicted molar refractivity (Wildman–Crippen MR) is 134 cm³/mol. The molecule has 3 N–H and O–H groups in total. The molecule has 1 aromatic carbocycles. The molecule has 9 nitrogen and oxygen atoms in total. The van der Waals surface area contributed by atoms with Gasteiger partial charge in [-0.15, -0.1) is 0 Å². The average Bonchev–Trinajstić information content (AvgIpc) is 3.25. The fourth-order valence-electron chi connectivity index (χ4n) is 3.77. The number of aromatic nitrogens is 4. The van der Waals surface area contributed by atoms with Crippen LogP contribution in [0, 0.1) is 6.92 Å². The smallest absolute Gasteiger partial charge is 0.196 e. The summed E-state index contributed by atoms with van der Waals surface area (Å²) >= 11 is 1.49. The molecule has 3 heterocycles. The summed E-state index contributed by atoms with van der Waals surface area (Å²) in [5.41, 5.74) is 1.98. The molecule has 0 aliphatic carbocycles. The number of carbonyl (C=O) groups excluding carboxylic acids is 1. The van der Waals surface area contributed by atoms with Crippen LogP contribution in [0.5, 0.6) is 0 Å². The highest BCUT2D eigenvalue weighted by atomic mass is 32.2. The lowest BCUT2D eigenvalue weighted by Crippen LogP contribution is -2.47. The number of hydrogen-bond acceptors (Lipinski definition) is 9. The van der Waals surface area contributed by atoms with Crippen molar-refractivity contribution in [1.82, 2.24) is 25.1 Å². The summed E-state index contributed by atoms with van der Waals surface area (Å²) in [5, 5.41) is 20.3. The first-order chi connectivity index (χ1) is 16.5. The molecule has 0 saturated carbocycles. The van der Waals surface area contributed by atoms with Crippen LogP contribution < -0.4 is 10.2 Å². The summed E-state index contributed by atoms with van der Waals surface area (Å²) in [6.45, 7) is 8.15. The van der Waals surface area contributed by atoms with Crippen molar-refractivity contribution >= 4 is 35.0 Å². The summed E-state index contributed by atoms with van der Waals surface area (Å²) in [7, 11) is 0. The summed E-state index contributed by atoms with van der Waals surface area (Å²) < 4.78 is 0. The monoisotopic (exact) mass is 481 g/mol. The molecule has 1 aliphatic rings. The Labute approximate surface area is 204 Å². The molecule has 2 aromatic heterocycles. The molecule has 0 amide bonds. The molecule has 0 atom stereocenters. The van der Waals surface area contributed by atoms with Gasteiger partial charge < -0.3 is 15.3 Å². The van der Waals surface area contributed by atoms with Crippen LogP contribution in [0.2, 0.25) is 0 Å². The fraction of sp³-hybridized carbons (Fsp3) is 0.417. The predicted octanol–water partition coefficient (Wildman–Crippen LogP) is 3.04. The standard InChI is InChI=1S/C24H31N7O2S/c1-3-19(33)15-18-4-6-20(7-5-18)34-24-26-21(25-22-14-17(2)28-29-22)16-23(27-24)31-10-8-30(9-11-31)12-13-32/h4-7,14,16,32H,3,8-13,15H2,1-2H3,(H2,25,26,27,28,29). The van der Waals surface area contributed by atoms with Crippen LogP contribution in [0.3, 0.4) is 0 Å². The van der Waals surface area contributed by atoms with Crippen molar-refractivity contribution in [2.24, 2.45) is 0 Å². The molecule has 180 valence electrons. The van der Waals surface area contributed by atoms with Gasteiger partial charge in [0, 0.05) is 68.3 Å². The number of β-amino-alcohol motifs (C(OH)–C–C–N with tert-alkyl or cyclic N) is 1. The lowest BCUT2D eigenvalue weighted by Gasteiger charge is -2.35. The minimum atomic E-state index is 0.177. The van der Waals surface area contributed by atoms with Gasteiger partial charge in [-0.05, 0) is 36.4 Å². The molecular formula is C24H31N7O2S. The number of aryl methyl sites for hydroxylation is 1. The second kappa shape index (κ2) is 11.5. The summed E-state index contributed by atoms with van der Waals surface area (Å²) in [6.07, 6.45) is 1.02. The van der Waals surface area contributed by atoms with E-state index in [0.29, 0.717) is 36.2 Å². The number of aliphatic hydroxyl groups is 1. The Morgan fingerprint density at radius 3 is 2.53 bits per heavy atom. The summed E-state index contributed by atoms with van der Waals surface area (Å²) in [6, 6.07) is 11.9. The Kier molecular flexibility index (Phi) is 8.15. The van der Waals surface area contributed by atoms with Crippen LogP contribution in [0.1, 0.15) is 24.6 Å².